The van der Waals surface area contributed by atoms with Gasteiger partial charge in [0.05, 0.1) is 0 Å². The van der Waals surface area contributed by atoms with E-state index in [-0.39, 0.29) is 0 Å². The third kappa shape index (κ3) is 4.32. The van der Waals surface area contributed by atoms with E-state index in [2.05, 4.69) is 11.8 Å². The van der Waals surface area contributed by atoms with Gasteiger partial charge >= 0.3 is 0 Å². The molecule has 1 aromatic rings. The van der Waals surface area contributed by atoms with E-state index in [4.69, 9.17) is 5.73 Å². The van der Waals surface area contributed by atoms with Crippen molar-refractivity contribution >= 4 is 0 Å². The van der Waals surface area contributed by atoms with Gasteiger partial charge in [-0.25, -0.2) is 0 Å². The van der Waals surface area contributed by atoms with Gasteiger partial charge in [-0.2, -0.15) is 0 Å². The molecule has 3 N–H and O–H groups in total. The van der Waals surface area contributed by atoms with E-state index in [0.29, 0.717) is 12.3 Å². The molecule has 0 amide bonds. The third-order valence-corrected chi connectivity index (χ3v) is 2.30. The molecule has 0 bridgehead atoms. The largest absolute Gasteiger partial charge is 0.508 e. The molecule has 3 nitrogen and oxygen atoms in total. The first-order valence-corrected chi connectivity index (χ1v) is 5.46. The third-order valence-electron chi connectivity index (χ3n) is 2.30. The van der Waals surface area contributed by atoms with Crippen LogP contribution < -0.4 is 5.73 Å². The van der Waals surface area contributed by atoms with Crippen LogP contribution >= 0.6 is 0 Å². The number of hydrogen-bond donors (Lipinski definition) is 2. The van der Waals surface area contributed by atoms with Gasteiger partial charge in [-0.15, -0.1) is 0 Å². The molecule has 0 aliphatic rings. The molecule has 0 radical (unpaired) electrons. The highest BCUT2D eigenvalue weighted by Crippen LogP contribution is 2.12. The number of nitrogens with zero attached hydrogens (tertiary/aromatic N) is 1. The zero-order valence-electron chi connectivity index (χ0n) is 9.32. The fourth-order valence-corrected chi connectivity index (χ4v) is 1.68. The molecule has 0 saturated heterocycles. The Kier molecular flexibility index (Phi) is 5.15. The molecule has 0 aliphatic heterocycles. The van der Waals surface area contributed by atoms with Crippen LogP contribution in [-0.2, 0) is 6.54 Å². The summed E-state index contributed by atoms with van der Waals surface area (Å²) in [7, 11) is 0. The number of rotatable bonds is 6. The number of aromatic hydroxyl groups is 1. The van der Waals surface area contributed by atoms with Gasteiger partial charge in [-0.05, 0) is 30.7 Å². The Bertz CT molecular complexity index is 283. The maximum Gasteiger partial charge on any atom is 0.115 e. The predicted octanol–water partition coefficient (Wildman–Crippen LogP) is 1.56. The van der Waals surface area contributed by atoms with Crippen LogP contribution in [0.3, 0.4) is 0 Å². The van der Waals surface area contributed by atoms with Crippen LogP contribution in [0, 0.1) is 0 Å². The second kappa shape index (κ2) is 6.43. The Morgan fingerprint density at radius 2 is 2.13 bits per heavy atom. The van der Waals surface area contributed by atoms with Gasteiger partial charge < -0.3 is 10.8 Å². The Morgan fingerprint density at radius 3 is 2.73 bits per heavy atom. The van der Waals surface area contributed by atoms with E-state index in [1.807, 2.05) is 12.1 Å². The first-order chi connectivity index (χ1) is 7.26. The summed E-state index contributed by atoms with van der Waals surface area (Å²) in [6, 6.07) is 7.39. The molecular formula is C12H20N2O. The van der Waals surface area contributed by atoms with Gasteiger partial charge in [0.2, 0.25) is 0 Å². The minimum atomic E-state index is 0.330. The quantitative estimate of drug-likeness (QED) is 0.746. The van der Waals surface area contributed by atoms with Crippen LogP contribution in [0.25, 0.3) is 0 Å². The summed E-state index contributed by atoms with van der Waals surface area (Å²) in [5.74, 6) is 0.330. The maximum absolute atomic E-state index is 9.34. The average molecular weight is 208 g/mol. The van der Waals surface area contributed by atoms with E-state index in [0.717, 1.165) is 31.6 Å². The maximum atomic E-state index is 9.34. The molecule has 0 atom stereocenters. The first kappa shape index (κ1) is 12.0. The van der Waals surface area contributed by atoms with Crippen molar-refractivity contribution in [2.75, 3.05) is 19.6 Å². The van der Waals surface area contributed by atoms with Crippen LogP contribution in [-0.4, -0.2) is 29.6 Å². The van der Waals surface area contributed by atoms with Crippen molar-refractivity contribution < 1.29 is 5.11 Å². The molecule has 0 unspecified atom stereocenters. The minimum Gasteiger partial charge on any atom is -0.508 e. The van der Waals surface area contributed by atoms with Crippen molar-refractivity contribution in [1.29, 1.82) is 0 Å². The minimum absolute atomic E-state index is 0.330. The lowest BCUT2D eigenvalue weighted by atomic mass is 10.2. The fourth-order valence-electron chi connectivity index (χ4n) is 1.68. The molecule has 0 saturated carbocycles. The number of hydrogen-bond acceptors (Lipinski definition) is 3. The van der Waals surface area contributed by atoms with Crippen molar-refractivity contribution in [2.45, 2.75) is 19.9 Å². The van der Waals surface area contributed by atoms with Gasteiger partial charge in [0.1, 0.15) is 5.75 Å². The summed E-state index contributed by atoms with van der Waals surface area (Å²) in [5.41, 5.74) is 6.69. The van der Waals surface area contributed by atoms with Crippen LogP contribution in [0.15, 0.2) is 24.3 Å². The highest BCUT2D eigenvalue weighted by Gasteiger charge is 2.03. The Hall–Kier alpha value is -1.06. The normalized spacial score (nSPS) is 10.9. The van der Waals surface area contributed by atoms with Gasteiger partial charge in [-0.1, -0.05) is 19.1 Å². The van der Waals surface area contributed by atoms with E-state index in [9.17, 15) is 5.11 Å². The van der Waals surface area contributed by atoms with Gasteiger partial charge in [-0.3, -0.25) is 4.90 Å². The van der Waals surface area contributed by atoms with Crippen molar-refractivity contribution in [1.82, 2.24) is 4.90 Å². The topological polar surface area (TPSA) is 49.5 Å². The van der Waals surface area contributed by atoms with Crippen LogP contribution in [0.1, 0.15) is 18.9 Å². The standard InChI is InChI=1S/C12H20N2O/c1-2-7-14(8-6-13)10-11-4-3-5-12(15)9-11/h3-5,9,15H,2,6-8,10,13H2,1H3. The number of phenolic OH excluding ortho intramolecular Hbond substituents is 1. The highest BCUT2D eigenvalue weighted by molar-refractivity contribution is 5.26. The lowest BCUT2D eigenvalue weighted by molar-refractivity contribution is 0.273. The van der Waals surface area contributed by atoms with E-state index in [1.54, 1.807) is 12.1 Å². The number of nitrogens with two attached hydrogens (primary N) is 1. The number of phenols is 1. The first-order valence-electron chi connectivity index (χ1n) is 5.46. The van der Waals surface area contributed by atoms with Gasteiger partial charge in [0.15, 0.2) is 0 Å². The summed E-state index contributed by atoms with van der Waals surface area (Å²) >= 11 is 0. The Labute approximate surface area is 91.5 Å². The van der Waals surface area contributed by atoms with Crippen molar-refractivity contribution in [2.24, 2.45) is 5.73 Å². The molecule has 15 heavy (non-hydrogen) atoms. The lowest BCUT2D eigenvalue weighted by Crippen LogP contribution is -2.29. The van der Waals surface area contributed by atoms with E-state index < -0.39 is 0 Å². The summed E-state index contributed by atoms with van der Waals surface area (Å²) in [5, 5.41) is 9.34. The second-order valence-electron chi connectivity index (χ2n) is 3.73. The summed E-state index contributed by atoms with van der Waals surface area (Å²) in [6.07, 6.45) is 1.12. The molecule has 0 heterocycles. The summed E-state index contributed by atoms with van der Waals surface area (Å²) in [6.45, 7) is 5.65. The molecule has 1 aromatic carbocycles. The Balaban J connectivity index is 2.56. The average Bonchev–Trinajstić information content (AvgIpc) is 2.18. The SMILES string of the molecule is CCCN(CCN)Cc1cccc(O)c1. The highest BCUT2D eigenvalue weighted by atomic mass is 16.3. The molecule has 0 aliphatic carbocycles. The van der Waals surface area contributed by atoms with Crippen LogP contribution in [0.2, 0.25) is 0 Å². The van der Waals surface area contributed by atoms with Crippen LogP contribution in [0.5, 0.6) is 5.75 Å². The zero-order valence-corrected chi connectivity index (χ0v) is 9.32. The summed E-state index contributed by atoms with van der Waals surface area (Å²) < 4.78 is 0. The van der Waals surface area contributed by atoms with Crippen molar-refractivity contribution in [3.63, 3.8) is 0 Å². The monoisotopic (exact) mass is 208 g/mol. The van der Waals surface area contributed by atoms with Crippen LogP contribution in [0.4, 0.5) is 0 Å². The molecule has 3 heteroatoms. The lowest BCUT2D eigenvalue weighted by Gasteiger charge is -2.20. The van der Waals surface area contributed by atoms with Gasteiger partial charge in [0.25, 0.3) is 0 Å². The molecule has 0 fully saturated rings. The van der Waals surface area contributed by atoms with Crippen molar-refractivity contribution in [3.05, 3.63) is 29.8 Å². The molecule has 0 spiro atoms. The van der Waals surface area contributed by atoms with Crippen molar-refractivity contribution in [3.8, 4) is 5.75 Å². The van der Waals surface area contributed by atoms with E-state index in [1.165, 1.54) is 0 Å². The zero-order chi connectivity index (χ0) is 11.1. The van der Waals surface area contributed by atoms with Gasteiger partial charge in [0, 0.05) is 19.6 Å². The number of benzene rings is 1. The fraction of sp³-hybridized carbons (Fsp3) is 0.500. The second-order valence-corrected chi connectivity index (χ2v) is 3.73. The smallest absolute Gasteiger partial charge is 0.115 e. The Morgan fingerprint density at radius 1 is 1.33 bits per heavy atom. The van der Waals surface area contributed by atoms with E-state index >= 15 is 0 Å². The molecular weight excluding hydrogens is 188 g/mol. The molecule has 0 aromatic heterocycles. The molecule has 1 rings (SSSR count). The predicted molar refractivity (Wildman–Crippen MR) is 62.7 cm³/mol. The summed E-state index contributed by atoms with van der Waals surface area (Å²) in [4.78, 5) is 2.30. The molecule has 84 valence electrons.